The normalized spacial score (nSPS) is 14.1. The van der Waals surface area contributed by atoms with Gasteiger partial charge in [0, 0.05) is 13.6 Å². The first-order chi connectivity index (χ1) is 12.2. The highest BCUT2D eigenvalue weighted by atomic mass is 16.3. The van der Waals surface area contributed by atoms with E-state index in [1.807, 2.05) is 53.6 Å². The van der Waals surface area contributed by atoms with Crippen LogP contribution in [0.4, 0.5) is 0 Å². The molecule has 0 aromatic rings. The van der Waals surface area contributed by atoms with Crippen LogP contribution in [0.3, 0.4) is 0 Å². The quantitative estimate of drug-likeness (QED) is 0.475. The molecule has 0 bridgehead atoms. The van der Waals surface area contributed by atoms with Crippen molar-refractivity contribution in [1.29, 1.82) is 0 Å². The molecule has 2 amide bonds. The van der Waals surface area contributed by atoms with Crippen LogP contribution in [0.1, 0.15) is 54.4 Å². The Morgan fingerprint density at radius 2 is 1.63 bits per heavy atom. The molecule has 27 heavy (non-hydrogen) atoms. The fourth-order valence-corrected chi connectivity index (χ4v) is 3.02. The largest absolute Gasteiger partial charge is 0.508 e. The van der Waals surface area contributed by atoms with Crippen LogP contribution in [0.25, 0.3) is 0 Å². The first-order valence-corrected chi connectivity index (χ1v) is 9.52. The van der Waals surface area contributed by atoms with E-state index in [0.29, 0.717) is 25.0 Å². The van der Waals surface area contributed by atoms with Gasteiger partial charge in [0.05, 0.1) is 5.54 Å². The van der Waals surface area contributed by atoms with Crippen LogP contribution in [0, 0.1) is 5.41 Å². The molecule has 1 atom stereocenters. The number of hydrogen-bond donors (Lipinski definition) is 2. The number of hydrogen-bond acceptors (Lipinski definition) is 4. The Labute approximate surface area is 165 Å². The number of aliphatic hydroxyl groups excluding tert-OH is 1. The number of likely N-dealkylation sites (N-methyl/N-ethyl adjacent to an activating group) is 2. The predicted molar refractivity (Wildman–Crippen MR) is 112 cm³/mol. The lowest BCUT2D eigenvalue weighted by Gasteiger charge is -2.40. The van der Waals surface area contributed by atoms with Gasteiger partial charge in [-0.1, -0.05) is 47.3 Å². The van der Waals surface area contributed by atoms with Gasteiger partial charge in [-0.15, -0.1) is 0 Å². The first kappa shape index (κ1) is 25.2. The number of carbonyl (C=O) groups excluding carboxylic acids is 2. The molecule has 0 aromatic heterocycles. The van der Waals surface area contributed by atoms with Crippen molar-refractivity contribution in [3.05, 3.63) is 24.0 Å². The maximum absolute atomic E-state index is 13.1. The molecule has 0 radical (unpaired) electrons. The molecule has 2 N–H and O–H groups in total. The van der Waals surface area contributed by atoms with Gasteiger partial charge in [0.2, 0.25) is 11.8 Å². The molecule has 0 aromatic carbocycles. The zero-order chi connectivity index (χ0) is 21.6. The van der Waals surface area contributed by atoms with Crippen LogP contribution in [0.2, 0.25) is 0 Å². The van der Waals surface area contributed by atoms with Gasteiger partial charge >= 0.3 is 0 Å². The molecule has 0 heterocycles. The van der Waals surface area contributed by atoms with E-state index in [2.05, 4.69) is 11.9 Å². The number of carbonyl (C=O) groups is 2. The number of aliphatic hydroxyl groups is 1. The second-order valence-corrected chi connectivity index (χ2v) is 8.46. The van der Waals surface area contributed by atoms with Gasteiger partial charge in [-0.05, 0) is 44.8 Å². The number of allylic oxidation sites excluding steroid dienone is 1. The third-order valence-electron chi connectivity index (χ3n) is 5.34. The van der Waals surface area contributed by atoms with E-state index >= 15 is 0 Å². The third kappa shape index (κ3) is 6.38. The van der Waals surface area contributed by atoms with Crippen molar-refractivity contribution in [3.63, 3.8) is 0 Å². The smallest absolute Gasteiger partial charge is 0.245 e. The van der Waals surface area contributed by atoms with Gasteiger partial charge in [0.25, 0.3) is 0 Å². The van der Waals surface area contributed by atoms with Crippen molar-refractivity contribution in [2.75, 3.05) is 27.7 Å². The molecule has 0 fully saturated rings. The molecule has 0 rings (SSSR count). The molecule has 1 unspecified atom stereocenters. The molecule has 0 saturated heterocycles. The lowest BCUT2D eigenvalue weighted by Crippen LogP contribution is -2.62. The van der Waals surface area contributed by atoms with Crippen LogP contribution < -0.4 is 5.32 Å². The van der Waals surface area contributed by atoms with Crippen molar-refractivity contribution >= 4 is 11.8 Å². The summed E-state index contributed by atoms with van der Waals surface area (Å²) in [5, 5.41) is 12.4. The molecular formula is C21H39N3O3. The Morgan fingerprint density at radius 3 is 1.96 bits per heavy atom. The highest BCUT2D eigenvalue weighted by Crippen LogP contribution is 2.26. The summed E-state index contributed by atoms with van der Waals surface area (Å²) in [6, 6.07) is -0.654. The third-order valence-corrected chi connectivity index (χ3v) is 5.34. The number of nitrogens with zero attached hydrogens (tertiary/aromatic N) is 2. The predicted octanol–water partition coefficient (Wildman–Crippen LogP) is 3.11. The fourth-order valence-electron chi connectivity index (χ4n) is 3.02. The van der Waals surface area contributed by atoms with Crippen LogP contribution >= 0.6 is 0 Å². The number of amides is 2. The lowest BCUT2D eigenvalue weighted by molar-refractivity contribution is -0.142. The number of rotatable bonds is 9. The minimum absolute atomic E-state index is 0.0156. The molecule has 156 valence electrons. The maximum atomic E-state index is 13.1. The monoisotopic (exact) mass is 381 g/mol. The average Bonchev–Trinajstić information content (AvgIpc) is 2.56. The summed E-state index contributed by atoms with van der Waals surface area (Å²) in [6.07, 6.45) is 3.05. The second kappa shape index (κ2) is 9.93. The van der Waals surface area contributed by atoms with Crippen molar-refractivity contribution in [2.24, 2.45) is 5.41 Å². The van der Waals surface area contributed by atoms with Gasteiger partial charge < -0.3 is 15.3 Å². The van der Waals surface area contributed by atoms with Crippen molar-refractivity contribution < 1.29 is 14.7 Å². The van der Waals surface area contributed by atoms with E-state index in [4.69, 9.17) is 0 Å². The Morgan fingerprint density at radius 1 is 1.15 bits per heavy atom. The zero-order valence-corrected chi connectivity index (χ0v) is 18.6. The van der Waals surface area contributed by atoms with E-state index in [9.17, 15) is 14.7 Å². The fraction of sp³-hybridized carbons (Fsp3) is 0.714. The van der Waals surface area contributed by atoms with Crippen molar-refractivity contribution in [1.82, 2.24) is 15.1 Å². The van der Waals surface area contributed by atoms with Crippen LogP contribution in [0.15, 0.2) is 24.0 Å². The van der Waals surface area contributed by atoms with Crippen molar-refractivity contribution in [2.45, 2.75) is 66.0 Å². The highest BCUT2D eigenvalue weighted by molar-refractivity contribution is 5.92. The molecule has 6 nitrogen and oxygen atoms in total. The van der Waals surface area contributed by atoms with Crippen LogP contribution in [-0.4, -0.2) is 66.0 Å². The standard InChI is InChI=1S/C21H39N3O3/c1-11-21(12-2,23(8)9)19(27)22-17(20(5,6)7)18(26)24(10)14-13-15(3)16(4)25/h13,17,25H,4,11-12,14H2,1-3,5-10H3,(H,22,27)/b15-13+. The topological polar surface area (TPSA) is 72.9 Å². The average molecular weight is 382 g/mol. The zero-order valence-electron chi connectivity index (χ0n) is 18.6. The molecular weight excluding hydrogens is 342 g/mol. The summed E-state index contributed by atoms with van der Waals surface area (Å²) in [5.74, 6) is -0.309. The minimum Gasteiger partial charge on any atom is -0.508 e. The summed E-state index contributed by atoms with van der Waals surface area (Å²) >= 11 is 0. The maximum Gasteiger partial charge on any atom is 0.245 e. The Balaban J connectivity index is 5.58. The second-order valence-electron chi connectivity index (χ2n) is 8.46. The van der Waals surface area contributed by atoms with Crippen LogP contribution in [0.5, 0.6) is 0 Å². The van der Waals surface area contributed by atoms with E-state index in [1.165, 1.54) is 0 Å². The molecule has 0 aliphatic heterocycles. The van der Waals surface area contributed by atoms with Crippen molar-refractivity contribution in [3.8, 4) is 0 Å². The SMILES string of the molecule is C=C(O)/C(C)=C/CN(C)C(=O)C(NC(=O)C(CC)(CC)N(C)C)C(C)(C)C. The summed E-state index contributed by atoms with van der Waals surface area (Å²) in [5.41, 5.74) is -0.470. The highest BCUT2D eigenvalue weighted by Gasteiger charge is 2.42. The summed E-state index contributed by atoms with van der Waals surface area (Å²) in [7, 11) is 5.47. The Bertz CT molecular complexity index is 570. The molecule has 0 aliphatic carbocycles. The van der Waals surface area contributed by atoms with Gasteiger partial charge in [0.1, 0.15) is 11.8 Å². The molecule has 0 aliphatic rings. The first-order valence-electron chi connectivity index (χ1n) is 9.52. The molecule has 0 saturated carbocycles. The Kier molecular flexibility index (Phi) is 9.26. The van der Waals surface area contributed by atoms with E-state index in [0.717, 1.165) is 0 Å². The summed E-state index contributed by atoms with van der Waals surface area (Å²) in [4.78, 5) is 29.7. The van der Waals surface area contributed by atoms with Gasteiger partial charge in [-0.25, -0.2) is 0 Å². The van der Waals surface area contributed by atoms with Gasteiger partial charge in [-0.2, -0.15) is 0 Å². The van der Waals surface area contributed by atoms with Gasteiger partial charge in [-0.3, -0.25) is 14.5 Å². The van der Waals surface area contributed by atoms with E-state index in [1.54, 1.807) is 24.9 Å². The minimum atomic E-state index is -0.654. The van der Waals surface area contributed by atoms with Gasteiger partial charge in [0.15, 0.2) is 0 Å². The Hall–Kier alpha value is -1.82. The molecule has 6 heteroatoms. The summed E-state index contributed by atoms with van der Waals surface area (Å²) < 4.78 is 0. The number of nitrogens with one attached hydrogen (secondary N) is 1. The van der Waals surface area contributed by atoms with E-state index in [-0.39, 0.29) is 17.6 Å². The summed E-state index contributed by atoms with van der Waals surface area (Å²) in [6.45, 7) is 15.3. The molecule has 0 spiro atoms. The lowest BCUT2D eigenvalue weighted by atomic mass is 9.83. The van der Waals surface area contributed by atoms with Crippen LogP contribution in [-0.2, 0) is 9.59 Å². The van der Waals surface area contributed by atoms with E-state index < -0.39 is 17.0 Å².